The van der Waals surface area contributed by atoms with Gasteiger partial charge in [0, 0.05) is 32.7 Å². The summed E-state index contributed by atoms with van der Waals surface area (Å²) in [5.74, 6) is 1.72. The van der Waals surface area contributed by atoms with Gasteiger partial charge in [-0.2, -0.15) is 0 Å². The molecular weight excluding hydrogens is 488 g/mol. The highest BCUT2D eigenvalue weighted by atomic mass is 16.3. The molecule has 0 radical (unpaired) electrons. The highest BCUT2D eigenvalue weighted by Crippen LogP contribution is 2.48. The zero-order chi connectivity index (χ0) is 26.5. The number of para-hydroxylation sites is 1. The van der Waals surface area contributed by atoms with Crippen LogP contribution >= 0.6 is 0 Å². The molecule has 2 nitrogen and oxygen atoms in total. The third kappa shape index (κ3) is 3.58. The second kappa shape index (κ2) is 9.14. The van der Waals surface area contributed by atoms with E-state index in [1.165, 1.54) is 5.56 Å². The Morgan fingerprint density at radius 1 is 0.350 bits per heavy atom. The van der Waals surface area contributed by atoms with Crippen molar-refractivity contribution in [1.82, 2.24) is 0 Å². The quantitative estimate of drug-likeness (QED) is 0.234. The van der Waals surface area contributed by atoms with Crippen LogP contribution in [0, 0.1) is 0 Å². The van der Waals surface area contributed by atoms with Gasteiger partial charge in [-0.25, -0.2) is 0 Å². The molecule has 2 heteroatoms. The average molecular weight is 513 g/mol. The summed E-state index contributed by atoms with van der Waals surface area (Å²) in [5, 5.41) is 4.32. The van der Waals surface area contributed by atoms with E-state index in [0.717, 1.165) is 72.0 Å². The summed E-state index contributed by atoms with van der Waals surface area (Å²) < 4.78 is 13.3. The number of rotatable bonds is 4. The summed E-state index contributed by atoms with van der Waals surface area (Å²) >= 11 is 0. The highest BCUT2D eigenvalue weighted by molar-refractivity contribution is 6.18. The number of benzene rings is 6. The van der Waals surface area contributed by atoms with Crippen LogP contribution in [0.3, 0.4) is 0 Å². The van der Waals surface area contributed by atoms with Crippen LogP contribution in [0.1, 0.15) is 0 Å². The Kier molecular flexibility index (Phi) is 5.17. The molecule has 2 aromatic heterocycles. The van der Waals surface area contributed by atoms with Gasteiger partial charge >= 0.3 is 0 Å². The number of hydrogen-bond donors (Lipinski definition) is 0. The first-order chi connectivity index (χ1) is 19.8. The topological polar surface area (TPSA) is 26.3 Å². The van der Waals surface area contributed by atoms with Crippen molar-refractivity contribution in [3.05, 3.63) is 146 Å². The predicted octanol–water partition coefficient (Wildman–Crippen LogP) is 11.0. The van der Waals surface area contributed by atoms with Crippen molar-refractivity contribution in [2.45, 2.75) is 0 Å². The molecule has 0 bridgehead atoms. The Balaban J connectivity index is 1.45. The molecule has 40 heavy (non-hydrogen) atoms. The van der Waals surface area contributed by atoms with Gasteiger partial charge in [0.1, 0.15) is 22.7 Å². The molecule has 0 aliphatic rings. The molecule has 188 valence electrons. The molecule has 0 unspecified atom stereocenters. The lowest BCUT2D eigenvalue weighted by Gasteiger charge is -2.11. The summed E-state index contributed by atoms with van der Waals surface area (Å²) in [6.45, 7) is 0. The monoisotopic (exact) mass is 512 g/mol. The molecule has 6 aromatic carbocycles. The molecule has 8 rings (SSSR count). The molecule has 0 spiro atoms. The maximum Gasteiger partial charge on any atom is 0.144 e. The SMILES string of the molecule is c1ccc(-c2cccc(-c3oc(-c4c(-c5ccccc5)ccc5oc6ccccc6c45)c4ccccc34)c2)cc1. The van der Waals surface area contributed by atoms with Crippen LogP contribution in [0.2, 0.25) is 0 Å². The van der Waals surface area contributed by atoms with Crippen LogP contribution in [0.15, 0.2) is 154 Å². The van der Waals surface area contributed by atoms with Crippen molar-refractivity contribution in [2.75, 3.05) is 0 Å². The summed E-state index contributed by atoms with van der Waals surface area (Å²) in [4.78, 5) is 0. The lowest BCUT2D eigenvalue weighted by molar-refractivity contribution is 0.602. The molecule has 0 aliphatic carbocycles. The van der Waals surface area contributed by atoms with Gasteiger partial charge in [-0.3, -0.25) is 0 Å². The predicted molar refractivity (Wildman–Crippen MR) is 165 cm³/mol. The fourth-order valence-corrected chi connectivity index (χ4v) is 5.87. The molecule has 0 saturated heterocycles. The van der Waals surface area contributed by atoms with E-state index >= 15 is 0 Å². The molecule has 0 aliphatic heterocycles. The van der Waals surface area contributed by atoms with Crippen LogP contribution in [0.5, 0.6) is 0 Å². The van der Waals surface area contributed by atoms with Crippen molar-refractivity contribution in [3.8, 4) is 44.9 Å². The normalized spacial score (nSPS) is 11.5. The smallest absolute Gasteiger partial charge is 0.144 e. The number of hydrogen-bond acceptors (Lipinski definition) is 2. The van der Waals surface area contributed by atoms with Crippen molar-refractivity contribution in [3.63, 3.8) is 0 Å². The van der Waals surface area contributed by atoms with Crippen LogP contribution in [-0.2, 0) is 0 Å². The first-order valence-electron chi connectivity index (χ1n) is 13.5. The molecule has 0 fully saturated rings. The zero-order valence-corrected chi connectivity index (χ0v) is 21.7. The second-order valence-electron chi connectivity index (χ2n) is 10.1. The number of furan rings is 2. The van der Waals surface area contributed by atoms with E-state index in [0.29, 0.717) is 0 Å². The molecule has 0 N–H and O–H groups in total. The maximum atomic E-state index is 6.98. The molecule has 8 aromatic rings. The van der Waals surface area contributed by atoms with Crippen molar-refractivity contribution < 1.29 is 8.83 Å². The average Bonchev–Trinajstić information content (AvgIpc) is 3.61. The summed E-state index contributed by atoms with van der Waals surface area (Å²) in [7, 11) is 0. The van der Waals surface area contributed by atoms with Crippen LogP contribution in [0.25, 0.3) is 77.6 Å². The number of fused-ring (bicyclic) bond motifs is 4. The van der Waals surface area contributed by atoms with Gasteiger partial charge in [0.2, 0.25) is 0 Å². The van der Waals surface area contributed by atoms with Gasteiger partial charge in [-0.1, -0.05) is 121 Å². The summed E-state index contributed by atoms with van der Waals surface area (Å²) in [5.41, 5.74) is 8.42. The van der Waals surface area contributed by atoms with Gasteiger partial charge < -0.3 is 8.83 Å². The summed E-state index contributed by atoms with van der Waals surface area (Å²) in [6, 6.07) is 50.6. The van der Waals surface area contributed by atoms with Gasteiger partial charge in [-0.05, 0) is 46.5 Å². The molecule has 0 amide bonds. The van der Waals surface area contributed by atoms with Crippen LogP contribution in [0.4, 0.5) is 0 Å². The van der Waals surface area contributed by atoms with Crippen molar-refractivity contribution in [1.29, 1.82) is 0 Å². The first-order valence-corrected chi connectivity index (χ1v) is 13.5. The molecular formula is C38H24O2. The third-order valence-electron chi connectivity index (χ3n) is 7.71. The minimum absolute atomic E-state index is 0.851. The van der Waals surface area contributed by atoms with Gasteiger partial charge in [0.05, 0.1) is 0 Å². The van der Waals surface area contributed by atoms with E-state index in [4.69, 9.17) is 8.83 Å². The van der Waals surface area contributed by atoms with E-state index < -0.39 is 0 Å². The van der Waals surface area contributed by atoms with Gasteiger partial charge in [0.15, 0.2) is 0 Å². The first kappa shape index (κ1) is 22.6. The van der Waals surface area contributed by atoms with E-state index in [9.17, 15) is 0 Å². The summed E-state index contributed by atoms with van der Waals surface area (Å²) in [6.07, 6.45) is 0. The fraction of sp³-hybridized carbons (Fsp3) is 0. The van der Waals surface area contributed by atoms with E-state index in [2.05, 4.69) is 127 Å². The standard InChI is InChI=1S/C38H24O2/c1-3-12-25(13-4-1)27-16-11-17-28(24-27)37-30-18-7-8-19-31(30)38(40-37)36-29(26-14-5-2-6-15-26)22-23-34-35(36)32-20-9-10-21-33(32)39-34/h1-24H. The Hall–Kier alpha value is -5.34. The Bertz CT molecular complexity index is 2150. The van der Waals surface area contributed by atoms with Gasteiger partial charge in [-0.15, -0.1) is 0 Å². The minimum atomic E-state index is 0.851. The lowest BCUT2D eigenvalue weighted by Crippen LogP contribution is -1.86. The van der Waals surface area contributed by atoms with Crippen molar-refractivity contribution in [2.24, 2.45) is 0 Å². The molecule has 0 atom stereocenters. The largest absolute Gasteiger partial charge is 0.456 e. The minimum Gasteiger partial charge on any atom is -0.456 e. The Morgan fingerprint density at radius 2 is 0.950 bits per heavy atom. The van der Waals surface area contributed by atoms with Crippen LogP contribution in [-0.4, -0.2) is 0 Å². The Labute approximate surface area is 231 Å². The zero-order valence-electron chi connectivity index (χ0n) is 21.7. The maximum absolute atomic E-state index is 6.98. The molecule has 0 saturated carbocycles. The van der Waals surface area contributed by atoms with Crippen molar-refractivity contribution >= 4 is 32.7 Å². The Morgan fingerprint density at radius 3 is 1.73 bits per heavy atom. The third-order valence-corrected chi connectivity index (χ3v) is 7.71. The highest BCUT2D eigenvalue weighted by Gasteiger charge is 2.24. The lowest BCUT2D eigenvalue weighted by atomic mass is 9.92. The van der Waals surface area contributed by atoms with E-state index in [1.807, 2.05) is 18.2 Å². The second-order valence-corrected chi connectivity index (χ2v) is 10.1. The van der Waals surface area contributed by atoms with Crippen LogP contribution < -0.4 is 0 Å². The van der Waals surface area contributed by atoms with E-state index in [-0.39, 0.29) is 0 Å². The van der Waals surface area contributed by atoms with E-state index in [1.54, 1.807) is 0 Å². The van der Waals surface area contributed by atoms with Gasteiger partial charge in [0.25, 0.3) is 0 Å². The fourth-order valence-electron chi connectivity index (χ4n) is 5.87. The molecule has 2 heterocycles.